The van der Waals surface area contributed by atoms with Gasteiger partial charge in [0, 0.05) is 24.6 Å². The minimum atomic E-state index is -0.599. The maximum Gasteiger partial charge on any atom is 0.337 e. The molecule has 2 aromatic heterocycles. The van der Waals surface area contributed by atoms with Gasteiger partial charge in [0.1, 0.15) is 12.0 Å². The number of ether oxygens (including phenoxy) is 2. The fraction of sp³-hybridized carbons (Fsp3) is 0.150. The summed E-state index contributed by atoms with van der Waals surface area (Å²) in [5.74, 6) is -0.471. The van der Waals surface area contributed by atoms with Crippen molar-refractivity contribution >= 4 is 34.9 Å². The summed E-state index contributed by atoms with van der Waals surface area (Å²) >= 11 is 0. The first kappa shape index (κ1) is 20.5. The van der Waals surface area contributed by atoms with Crippen molar-refractivity contribution in [2.75, 3.05) is 30.6 Å². The van der Waals surface area contributed by atoms with Gasteiger partial charge in [-0.3, -0.25) is 4.98 Å². The number of benzene rings is 1. The Labute approximate surface area is 172 Å². The number of anilines is 4. The van der Waals surface area contributed by atoms with Crippen LogP contribution in [0.5, 0.6) is 0 Å². The number of rotatable bonds is 7. The number of nitrogens with zero attached hydrogens (tertiary/aromatic N) is 3. The third kappa shape index (κ3) is 4.79. The molecule has 10 nitrogen and oxygen atoms in total. The van der Waals surface area contributed by atoms with Crippen LogP contribution >= 0.6 is 0 Å². The Morgan fingerprint density at radius 3 is 2.30 bits per heavy atom. The SMILES string of the molecule is COC(=O)c1cc(Nc2ncnc(NCc3cccnc3)c2N)cc(C(=O)OC)c1. The van der Waals surface area contributed by atoms with Crippen molar-refractivity contribution in [1.29, 1.82) is 0 Å². The van der Waals surface area contributed by atoms with Crippen LogP contribution in [-0.2, 0) is 16.0 Å². The van der Waals surface area contributed by atoms with E-state index in [9.17, 15) is 9.59 Å². The first-order chi connectivity index (χ1) is 14.5. The number of methoxy groups -OCH3 is 2. The molecule has 0 atom stereocenters. The van der Waals surface area contributed by atoms with E-state index in [-0.39, 0.29) is 16.8 Å². The van der Waals surface area contributed by atoms with Crippen molar-refractivity contribution in [3.63, 3.8) is 0 Å². The van der Waals surface area contributed by atoms with E-state index in [0.717, 1.165) is 5.56 Å². The number of nitrogens with two attached hydrogens (primary N) is 1. The largest absolute Gasteiger partial charge is 0.465 e. The Morgan fingerprint density at radius 2 is 1.70 bits per heavy atom. The third-order valence-corrected chi connectivity index (χ3v) is 4.10. The van der Waals surface area contributed by atoms with Crippen LogP contribution in [0.25, 0.3) is 0 Å². The van der Waals surface area contributed by atoms with Crippen molar-refractivity contribution < 1.29 is 19.1 Å². The molecule has 0 saturated heterocycles. The van der Waals surface area contributed by atoms with Gasteiger partial charge >= 0.3 is 11.9 Å². The number of hydrogen-bond donors (Lipinski definition) is 3. The van der Waals surface area contributed by atoms with E-state index in [1.54, 1.807) is 12.4 Å². The molecule has 1 aromatic carbocycles. The van der Waals surface area contributed by atoms with Gasteiger partial charge in [-0.2, -0.15) is 0 Å². The summed E-state index contributed by atoms with van der Waals surface area (Å²) in [6, 6.07) is 8.17. The number of nitrogens with one attached hydrogen (secondary N) is 2. The van der Waals surface area contributed by atoms with Gasteiger partial charge in [0.15, 0.2) is 11.6 Å². The van der Waals surface area contributed by atoms with E-state index in [0.29, 0.717) is 23.9 Å². The maximum absolute atomic E-state index is 12.0. The summed E-state index contributed by atoms with van der Waals surface area (Å²) < 4.78 is 9.48. The van der Waals surface area contributed by atoms with Crippen molar-refractivity contribution in [2.45, 2.75) is 6.54 Å². The molecule has 0 aliphatic rings. The van der Waals surface area contributed by atoms with Crippen molar-refractivity contribution in [2.24, 2.45) is 0 Å². The van der Waals surface area contributed by atoms with Gasteiger partial charge in [-0.15, -0.1) is 0 Å². The zero-order valence-corrected chi connectivity index (χ0v) is 16.4. The summed E-state index contributed by atoms with van der Waals surface area (Å²) in [7, 11) is 2.51. The monoisotopic (exact) mass is 408 g/mol. The number of carbonyl (C=O) groups excluding carboxylic acids is 2. The lowest BCUT2D eigenvalue weighted by atomic mass is 10.1. The summed E-state index contributed by atoms with van der Waals surface area (Å²) in [4.78, 5) is 36.3. The number of esters is 2. The van der Waals surface area contributed by atoms with Gasteiger partial charge < -0.3 is 25.8 Å². The Morgan fingerprint density at radius 1 is 1.03 bits per heavy atom. The fourth-order valence-corrected chi connectivity index (χ4v) is 2.63. The number of pyridine rings is 1. The summed E-state index contributed by atoms with van der Waals surface area (Å²) in [5, 5.41) is 6.13. The first-order valence-corrected chi connectivity index (χ1v) is 8.83. The Balaban J connectivity index is 1.86. The molecule has 10 heteroatoms. The van der Waals surface area contributed by atoms with Crippen LogP contribution < -0.4 is 16.4 Å². The van der Waals surface area contributed by atoms with Crippen molar-refractivity contribution in [3.05, 3.63) is 65.7 Å². The van der Waals surface area contributed by atoms with Gasteiger partial charge in [-0.1, -0.05) is 6.07 Å². The van der Waals surface area contributed by atoms with Gasteiger partial charge in [0.05, 0.1) is 25.3 Å². The number of aromatic nitrogens is 3. The molecule has 3 aromatic rings. The minimum Gasteiger partial charge on any atom is -0.465 e. The highest BCUT2D eigenvalue weighted by molar-refractivity contribution is 5.97. The van der Waals surface area contributed by atoms with Crippen LogP contribution in [0.3, 0.4) is 0 Å². The Hall–Kier alpha value is -4.21. The number of nitrogen functional groups attached to an aromatic ring is 1. The molecule has 0 amide bonds. The van der Waals surface area contributed by atoms with Gasteiger partial charge in [-0.25, -0.2) is 19.6 Å². The van der Waals surface area contributed by atoms with E-state index in [2.05, 4.69) is 25.6 Å². The summed E-state index contributed by atoms with van der Waals surface area (Å²) in [5.41, 5.74) is 8.17. The minimum absolute atomic E-state index is 0.172. The predicted molar refractivity (Wildman–Crippen MR) is 110 cm³/mol. The van der Waals surface area contributed by atoms with E-state index < -0.39 is 11.9 Å². The van der Waals surface area contributed by atoms with Gasteiger partial charge in [-0.05, 0) is 29.8 Å². The fourth-order valence-electron chi connectivity index (χ4n) is 2.63. The van der Waals surface area contributed by atoms with Crippen LogP contribution in [0.2, 0.25) is 0 Å². The average Bonchev–Trinajstić information content (AvgIpc) is 2.79. The number of carbonyl (C=O) groups is 2. The molecule has 0 aliphatic heterocycles. The molecule has 0 spiro atoms. The molecule has 0 saturated carbocycles. The second-order valence-corrected chi connectivity index (χ2v) is 6.11. The standard InChI is InChI=1S/C20H20N6O4/c1-29-19(27)13-6-14(20(28)30-2)8-15(7-13)26-18-16(21)17(24-11-25-18)23-10-12-4-3-5-22-9-12/h3-9,11H,10,21H2,1-2H3,(H2,23,24,25,26). The zero-order chi connectivity index (χ0) is 21.5. The lowest BCUT2D eigenvalue weighted by Gasteiger charge is -2.14. The molecular formula is C20H20N6O4. The molecule has 2 heterocycles. The molecule has 0 aliphatic carbocycles. The van der Waals surface area contributed by atoms with E-state index in [1.807, 2.05) is 12.1 Å². The molecule has 3 rings (SSSR count). The van der Waals surface area contributed by atoms with Crippen molar-refractivity contribution in [1.82, 2.24) is 15.0 Å². The average molecular weight is 408 g/mol. The first-order valence-electron chi connectivity index (χ1n) is 8.83. The molecule has 154 valence electrons. The molecular weight excluding hydrogens is 388 g/mol. The lowest BCUT2D eigenvalue weighted by molar-refractivity contribution is 0.0599. The van der Waals surface area contributed by atoms with Crippen LogP contribution in [0.4, 0.5) is 23.0 Å². The topological polar surface area (TPSA) is 141 Å². The summed E-state index contributed by atoms with van der Waals surface area (Å²) in [6.07, 6.45) is 4.77. The number of hydrogen-bond acceptors (Lipinski definition) is 10. The van der Waals surface area contributed by atoms with E-state index >= 15 is 0 Å². The Kier molecular flexibility index (Phi) is 6.38. The molecule has 0 fully saturated rings. The predicted octanol–water partition coefficient (Wildman–Crippen LogP) is 2.38. The van der Waals surface area contributed by atoms with Crippen LogP contribution in [-0.4, -0.2) is 41.1 Å². The van der Waals surface area contributed by atoms with Crippen LogP contribution in [0, 0.1) is 0 Å². The molecule has 0 radical (unpaired) electrons. The molecule has 4 N–H and O–H groups in total. The van der Waals surface area contributed by atoms with Crippen LogP contribution in [0.15, 0.2) is 49.1 Å². The van der Waals surface area contributed by atoms with Crippen molar-refractivity contribution in [3.8, 4) is 0 Å². The van der Waals surface area contributed by atoms with Crippen LogP contribution in [0.1, 0.15) is 26.3 Å². The highest BCUT2D eigenvalue weighted by Gasteiger charge is 2.15. The second kappa shape index (κ2) is 9.32. The lowest BCUT2D eigenvalue weighted by Crippen LogP contribution is -2.10. The van der Waals surface area contributed by atoms with E-state index in [1.165, 1.54) is 38.7 Å². The molecule has 0 bridgehead atoms. The normalized spacial score (nSPS) is 10.2. The smallest absolute Gasteiger partial charge is 0.337 e. The van der Waals surface area contributed by atoms with E-state index in [4.69, 9.17) is 15.2 Å². The van der Waals surface area contributed by atoms with Gasteiger partial charge in [0.25, 0.3) is 0 Å². The quantitative estimate of drug-likeness (QED) is 0.499. The highest BCUT2D eigenvalue weighted by atomic mass is 16.5. The second-order valence-electron chi connectivity index (χ2n) is 6.11. The zero-order valence-electron chi connectivity index (χ0n) is 16.4. The summed E-state index contributed by atoms with van der Waals surface area (Å²) in [6.45, 7) is 0.471. The Bertz CT molecular complexity index is 1020. The maximum atomic E-state index is 12.0. The van der Waals surface area contributed by atoms with Gasteiger partial charge in [0.2, 0.25) is 0 Å². The molecule has 30 heavy (non-hydrogen) atoms. The third-order valence-electron chi connectivity index (χ3n) is 4.10. The highest BCUT2D eigenvalue weighted by Crippen LogP contribution is 2.27. The molecule has 0 unspecified atom stereocenters.